The lowest BCUT2D eigenvalue weighted by Crippen LogP contribution is -2.29. The van der Waals surface area contributed by atoms with E-state index in [9.17, 15) is 19.1 Å². The number of amides is 1. The lowest BCUT2D eigenvalue weighted by Gasteiger charge is -2.22. The smallest absolute Gasteiger partial charge is 0.301 e. The number of nitrogens with zero attached hydrogens (tertiary/aromatic N) is 3. The van der Waals surface area contributed by atoms with Crippen LogP contribution in [0.4, 0.5) is 9.52 Å². The SMILES string of the molecule is CCCCOc1ccc(/C(O)=C2\C(=O)C(=O)N(c3nnc(SCc4ccc(F)cc4)s3)C2c2ccc(OCCCC)cc2)cc1. The van der Waals surface area contributed by atoms with Crippen LogP contribution in [0.3, 0.4) is 0 Å². The first kappa shape index (κ1) is 32.2. The van der Waals surface area contributed by atoms with Gasteiger partial charge in [0.15, 0.2) is 4.34 Å². The normalized spacial score (nSPS) is 15.9. The van der Waals surface area contributed by atoms with E-state index in [1.54, 1.807) is 60.7 Å². The van der Waals surface area contributed by atoms with Crippen molar-refractivity contribution in [1.29, 1.82) is 0 Å². The van der Waals surface area contributed by atoms with Crippen LogP contribution in [-0.4, -0.2) is 40.2 Å². The highest BCUT2D eigenvalue weighted by molar-refractivity contribution is 8.00. The fraction of sp³-hybridized carbons (Fsp3) is 0.294. The minimum atomic E-state index is -0.946. The van der Waals surface area contributed by atoms with E-state index in [1.165, 1.54) is 40.1 Å². The highest BCUT2D eigenvalue weighted by Crippen LogP contribution is 2.44. The maximum atomic E-state index is 13.6. The molecule has 1 aliphatic rings. The molecule has 8 nitrogen and oxygen atoms in total. The summed E-state index contributed by atoms with van der Waals surface area (Å²) in [6.07, 6.45) is 3.85. The van der Waals surface area contributed by atoms with Gasteiger partial charge in [-0.2, -0.15) is 0 Å². The van der Waals surface area contributed by atoms with Gasteiger partial charge in [0.05, 0.1) is 24.8 Å². The van der Waals surface area contributed by atoms with Gasteiger partial charge in [0.25, 0.3) is 5.78 Å². The summed E-state index contributed by atoms with van der Waals surface area (Å²) in [6.45, 7) is 5.33. The maximum absolute atomic E-state index is 13.6. The molecule has 0 aliphatic carbocycles. The molecule has 1 aromatic heterocycles. The Kier molecular flexibility index (Phi) is 10.9. The van der Waals surface area contributed by atoms with Gasteiger partial charge in [-0.3, -0.25) is 14.5 Å². The van der Waals surface area contributed by atoms with Crippen molar-refractivity contribution in [2.24, 2.45) is 0 Å². The number of hydrogen-bond donors (Lipinski definition) is 1. The molecule has 1 unspecified atom stereocenters. The second-order valence-electron chi connectivity index (χ2n) is 10.4. The molecule has 1 saturated heterocycles. The van der Waals surface area contributed by atoms with E-state index in [0.29, 0.717) is 45.9 Å². The van der Waals surface area contributed by atoms with Crippen molar-refractivity contribution in [3.63, 3.8) is 0 Å². The van der Waals surface area contributed by atoms with Crippen LogP contribution >= 0.6 is 23.1 Å². The third-order valence-corrected chi connectivity index (χ3v) is 9.31. The summed E-state index contributed by atoms with van der Waals surface area (Å²) >= 11 is 2.56. The van der Waals surface area contributed by atoms with Gasteiger partial charge < -0.3 is 14.6 Å². The highest BCUT2D eigenvalue weighted by Gasteiger charge is 2.48. The zero-order valence-corrected chi connectivity index (χ0v) is 26.7. The molecule has 5 rings (SSSR count). The second kappa shape index (κ2) is 15.2. The number of aliphatic hydroxyl groups is 1. The average Bonchev–Trinajstić information content (AvgIpc) is 3.63. The van der Waals surface area contributed by atoms with Crippen LogP contribution in [0, 0.1) is 5.82 Å². The van der Waals surface area contributed by atoms with Crippen molar-refractivity contribution in [2.75, 3.05) is 18.1 Å². The van der Waals surface area contributed by atoms with Crippen molar-refractivity contribution in [3.05, 3.63) is 101 Å². The topological polar surface area (TPSA) is 102 Å². The van der Waals surface area contributed by atoms with Gasteiger partial charge >= 0.3 is 5.91 Å². The summed E-state index contributed by atoms with van der Waals surface area (Å²) in [5, 5.41) is 20.2. The predicted molar refractivity (Wildman–Crippen MR) is 174 cm³/mol. The van der Waals surface area contributed by atoms with Crippen molar-refractivity contribution >= 4 is 45.7 Å². The number of ketones is 1. The molecule has 1 aliphatic heterocycles. The van der Waals surface area contributed by atoms with Crippen molar-refractivity contribution in [2.45, 2.75) is 55.7 Å². The molecule has 0 spiro atoms. The van der Waals surface area contributed by atoms with Crippen molar-refractivity contribution in [1.82, 2.24) is 10.2 Å². The molecular weight excluding hydrogens is 614 g/mol. The molecule has 2 heterocycles. The Morgan fingerprint density at radius 3 is 2.09 bits per heavy atom. The van der Waals surface area contributed by atoms with Crippen LogP contribution in [0.2, 0.25) is 0 Å². The molecule has 4 aromatic rings. The van der Waals surface area contributed by atoms with Gasteiger partial charge in [-0.15, -0.1) is 10.2 Å². The molecule has 1 amide bonds. The number of thioether (sulfide) groups is 1. The molecule has 1 atom stereocenters. The number of hydrogen-bond acceptors (Lipinski definition) is 9. The van der Waals surface area contributed by atoms with E-state index >= 15 is 0 Å². The van der Waals surface area contributed by atoms with Crippen LogP contribution in [0.5, 0.6) is 11.5 Å². The van der Waals surface area contributed by atoms with Gasteiger partial charge in [-0.05, 0) is 72.5 Å². The molecule has 1 N–H and O–H groups in total. The van der Waals surface area contributed by atoms with Gasteiger partial charge in [-0.25, -0.2) is 4.39 Å². The first-order valence-corrected chi connectivity index (χ1v) is 16.7. The Bertz CT molecular complexity index is 1640. The number of Topliss-reactive ketones (excluding diaryl/α,β-unsaturated/α-hetero) is 1. The van der Waals surface area contributed by atoms with E-state index in [2.05, 4.69) is 24.0 Å². The molecule has 11 heteroatoms. The Balaban J connectivity index is 1.47. The zero-order chi connectivity index (χ0) is 31.8. The summed E-state index contributed by atoms with van der Waals surface area (Å²) in [5.74, 6) is -0.396. The standard InChI is InChI=1S/C34H34FN3O5S2/c1-3-5-19-42-26-15-9-23(10-16-26)29-28(30(39)24-11-17-27(18-12-24)43-20-6-4-2)31(40)32(41)38(29)33-36-37-34(45-33)44-21-22-7-13-25(35)14-8-22/h7-18,29,39H,3-6,19-21H2,1-2H3/b30-28+. The summed E-state index contributed by atoms with van der Waals surface area (Å²) in [4.78, 5) is 28.5. The number of aromatic nitrogens is 2. The third kappa shape index (κ3) is 7.72. The number of rotatable bonds is 14. The van der Waals surface area contributed by atoms with E-state index < -0.39 is 17.7 Å². The van der Waals surface area contributed by atoms with Crippen LogP contribution in [0.15, 0.2) is 82.7 Å². The maximum Gasteiger partial charge on any atom is 0.301 e. The van der Waals surface area contributed by atoms with Crippen LogP contribution in [0.25, 0.3) is 5.76 Å². The van der Waals surface area contributed by atoms with E-state index in [-0.39, 0.29) is 22.3 Å². The first-order valence-electron chi connectivity index (χ1n) is 14.9. The van der Waals surface area contributed by atoms with Crippen molar-refractivity contribution in [3.8, 4) is 11.5 Å². The van der Waals surface area contributed by atoms with E-state index in [1.807, 2.05) is 0 Å². The van der Waals surface area contributed by atoms with E-state index in [4.69, 9.17) is 9.47 Å². The number of aliphatic hydroxyl groups excluding tert-OH is 1. The van der Waals surface area contributed by atoms with Crippen LogP contribution < -0.4 is 14.4 Å². The summed E-state index contributed by atoms with van der Waals surface area (Å²) in [7, 11) is 0. The predicted octanol–water partition coefficient (Wildman–Crippen LogP) is 7.95. The second-order valence-corrected chi connectivity index (χ2v) is 12.6. The molecule has 0 radical (unpaired) electrons. The fourth-order valence-corrected chi connectivity index (χ4v) is 6.53. The highest BCUT2D eigenvalue weighted by atomic mass is 32.2. The van der Waals surface area contributed by atoms with Crippen LogP contribution in [0.1, 0.15) is 62.3 Å². The molecular formula is C34H34FN3O5S2. The Morgan fingerprint density at radius 2 is 1.49 bits per heavy atom. The molecule has 0 bridgehead atoms. The van der Waals surface area contributed by atoms with Gasteiger partial charge in [0.1, 0.15) is 23.1 Å². The van der Waals surface area contributed by atoms with Gasteiger partial charge in [-0.1, -0.05) is 74.1 Å². The molecule has 1 fully saturated rings. The summed E-state index contributed by atoms with van der Waals surface area (Å²) in [5.41, 5.74) is 1.85. The Labute approximate surface area is 269 Å². The van der Waals surface area contributed by atoms with Gasteiger partial charge in [0.2, 0.25) is 5.13 Å². The number of unbranched alkanes of at least 4 members (excludes halogenated alkanes) is 2. The van der Waals surface area contributed by atoms with Gasteiger partial charge in [0, 0.05) is 11.3 Å². The monoisotopic (exact) mass is 647 g/mol. The fourth-order valence-electron chi connectivity index (χ4n) is 4.71. The number of carbonyl (C=O) groups excluding carboxylic acids is 2. The average molecular weight is 648 g/mol. The quantitative estimate of drug-likeness (QED) is 0.0368. The van der Waals surface area contributed by atoms with Crippen LogP contribution in [-0.2, 0) is 15.3 Å². The Hall–Kier alpha value is -4.22. The third-order valence-electron chi connectivity index (χ3n) is 7.18. The zero-order valence-electron chi connectivity index (χ0n) is 25.1. The number of benzene rings is 3. The molecule has 45 heavy (non-hydrogen) atoms. The number of anilines is 1. The Morgan fingerprint density at radius 1 is 0.889 bits per heavy atom. The van der Waals surface area contributed by atoms with E-state index in [0.717, 1.165) is 31.2 Å². The van der Waals surface area contributed by atoms with Crippen molar-refractivity contribution < 1.29 is 28.6 Å². The summed E-state index contributed by atoms with van der Waals surface area (Å²) in [6, 6.07) is 19.2. The summed E-state index contributed by atoms with van der Waals surface area (Å²) < 4.78 is 25.4. The molecule has 0 saturated carbocycles. The minimum absolute atomic E-state index is 0.0463. The first-order chi connectivity index (χ1) is 21.9. The number of carbonyl (C=O) groups is 2. The number of ether oxygens (including phenoxy) is 2. The lowest BCUT2D eigenvalue weighted by atomic mass is 9.95. The molecule has 3 aromatic carbocycles. The lowest BCUT2D eigenvalue weighted by molar-refractivity contribution is -0.132. The largest absolute Gasteiger partial charge is 0.507 e. The minimum Gasteiger partial charge on any atom is -0.507 e. The number of halogens is 1. The molecule has 234 valence electrons.